The van der Waals surface area contributed by atoms with Gasteiger partial charge in [0.05, 0.1) is 2.88 Å². The zero-order valence-corrected chi connectivity index (χ0v) is 17.5. The molecule has 0 nitrogen and oxygen atoms in total. The Kier molecular flexibility index (Phi) is 4.68. The Balaban J connectivity index is 2.15. The summed E-state index contributed by atoms with van der Waals surface area (Å²) in [5.74, 6) is 2.33. The van der Waals surface area contributed by atoms with Crippen LogP contribution in [0.5, 0.6) is 0 Å². The van der Waals surface area contributed by atoms with Gasteiger partial charge in [-0.1, -0.05) is 11.3 Å². The number of hydrogen-bond acceptors (Lipinski definition) is 3. The van der Waals surface area contributed by atoms with Crippen LogP contribution in [0.3, 0.4) is 0 Å². The third-order valence-electron chi connectivity index (χ3n) is 3.29. The molecule has 0 amide bonds. The first-order chi connectivity index (χ1) is 9.06. The highest BCUT2D eigenvalue weighted by atomic mass is 127. The Morgan fingerprint density at radius 2 is 1.58 bits per heavy atom. The summed E-state index contributed by atoms with van der Waals surface area (Å²) in [4.78, 5) is 2.93. The minimum atomic E-state index is 1.16. The second-order valence-electron chi connectivity index (χ2n) is 4.51. The second-order valence-corrected chi connectivity index (χ2v) is 12.0. The molecule has 0 atom stereocenters. The fourth-order valence-corrected chi connectivity index (χ4v) is 7.82. The van der Waals surface area contributed by atoms with E-state index in [1.54, 1.807) is 11.1 Å². The van der Waals surface area contributed by atoms with E-state index in [0.29, 0.717) is 0 Å². The van der Waals surface area contributed by atoms with Crippen LogP contribution >= 0.6 is 57.0 Å². The maximum Gasteiger partial charge on any atom is 0.308 e. The van der Waals surface area contributed by atoms with Gasteiger partial charge >= 0.3 is 22.6 Å². The van der Waals surface area contributed by atoms with Crippen LogP contribution in [0.15, 0.2) is 12.1 Å². The topological polar surface area (TPSA) is 0 Å². The molecule has 0 fully saturated rings. The van der Waals surface area contributed by atoms with Crippen molar-refractivity contribution in [3.8, 4) is 0 Å². The predicted molar refractivity (Wildman–Crippen MR) is 95.1 cm³/mol. The minimum Gasteiger partial charge on any atom is -0.152 e. The highest BCUT2D eigenvalue weighted by Crippen LogP contribution is 2.42. The molecule has 1 aliphatic heterocycles. The molecule has 0 saturated heterocycles. The van der Waals surface area contributed by atoms with Crippen molar-refractivity contribution in [3.05, 3.63) is 38.8 Å². The molecule has 5 heteroatoms. The Morgan fingerprint density at radius 1 is 1.00 bits per heavy atom. The third kappa shape index (κ3) is 2.95. The van der Waals surface area contributed by atoms with Crippen molar-refractivity contribution in [2.75, 3.05) is 11.5 Å². The lowest BCUT2D eigenvalue weighted by Gasteiger charge is -2.06. The van der Waals surface area contributed by atoms with Crippen LogP contribution in [0.4, 0.5) is 0 Å². The van der Waals surface area contributed by atoms with Gasteiger partial charge in [-0.3, -0.25) is 0 Å². The van der Waals surface area contributed by atoms with Crippen LogP contribution in [-0.2, 0) is 0 Å². The molecule has 0 radical (unpaired) electrons. The second kappa shape index (κ2) is 5.98. The first kappa shape index (κ1) is 14.9. The smallest absolute Gasteiger partial charge is 0.152 e. The quantitative estimate of drug-likeness (QED) is 0.536. The van der Waals surface area contributed by atoms with Gasteiger partial charge in [0, 0.05) is 27.3 Å². The van der Waals surface area contributed by atoms with E-state index in [9.17, 15) is 0 Å². The van der Waals surface area contributed by atoms with Gasteiger partial charge in [-0.15, -0.1) is 11.3 Å². The fourth-order valence-electron chi connectivity index (χ4n) is 2.41. The molecule has 0 unspecified atom stereocenters. The van der Waals surface area contributed by atoms with Crippen LogP contribution in [0, 0.1) is 19.6 Å². The van der Waals surface area contributed by atoms with Crippen LogP contribution < -0.4 is 22.6 Å². The molecule has 0 N–H and O–H groups in total. The van der Waals surface area contributed by atoms with Crippen molar-refractivity contribution >= 4 is 68.2 Å². The SMILES string of the molecule is Cc1sc(I)cc1C1=C(c2cc([IH+])sc2C)CSC1. The lowest BCUT2D eigenvalue weighted by molar-refractivity contribution is -0.319. The summed E-state index contributed by atoms with van der Waals surface area (Å²) in [6, 6.07) is 4.73. The molecule has 0 bridgehead atoms. The molecule has 3 rings (SSSR count). The van der Waals surface area contributed by atoms with Crippen molar-refractivity contribution in [3.63, 3.8) is 0 Å². The summed E-state index contributed by atoms with van der Waals surface area (Å²) in [5, 5.41) is 0. The highest BCUT2D eigenvalue weighted by molar-refractivity contribution is 14.1. The number of halogens is 2. The Labute approximate surface area is 153 Å². The number of aryl methyl sites for hydroxylation is 2. The van der Waals surface area contributed by atoms with Crippen molar-refractivity contribution in [1.82, 2.24) is 0 Å². The first-order valence-corrected chi connectivity index (χ1v) is 10.9. The van der Waals surface area contributed by atoms with Gasteiger partial charge in [0.1, 0.15) is 0 Å². The van der Waals surface area contributed by atoms with Crippen LogP contribution in [0.1, 0.15) is 20.9 Å². The summed E-state index contributed by atoms with van der Waals surface area (Å²) >= 11 is 10.5. The van der Waals surface area contributed by atoms with E-state index in [-0.39, 0.29) is 0 Å². The summed E-state index contributed by atoms with van der Waals surface area (Å²) in [7, 11) is 0. The number of thiophene rings is 2. The van der Waals surface area contributed by atoms with Gasteiger partial charge in [-0.2, -0.15) is 11.8 Å². The van der Waals surface area contributed by atoms with E-state index in [1.807, 2.05) is 34.4 Å². The van der Waals surface area contributed by atoms with Gasteiger partial charge in [-0.25, -0.2) is 0 Å². The maximum atomic E-state index is 2.44. The standard InChI is InChI=1S/C14H13I2S3/c1-7-9(3-13(15)18-7)11-5-17-6-12(11)10-4-14(16)19-8(10)2/h3-4,15H,5-6H2,1-2H3/q+1. The molecule has 19 heavy (non-hydrogen) atoms. The van der Waals surface area contributed by atoms with Crippen molar-refractivity contribution < 1.29 is 22.6 Å². The number of rotatable bonds is 2. The monoisotopic (exact) mass is 531 g/mol. The molecule has 0 aromatic carbocycles. The molecular weight excluding hydrogens is 518 g/mol. The van der Waals surface area contributed by atoms with Gasteiger partial charge in [0.2, 0.25) is 2.88 Å². The Hall–Kier alpha value is 0.950. The van der Waals surface area contributed by atoms with E-state index in [4.69, 9.17) is 0 Å². The third-order valence-corrected chi connectivity index (χ3v) is 7.98. The lowest BCUT2D eigenvalue weighted by atomic mass is 9.98. The van der Waals surface area contributed by atoms with Crippen LogP contribution in [0.25, 0.3) is 11.1 Å². The van der Waals surface area contributed by atoms with E-state index in [1.165, 1.54) is 32.4 Å². The molecule has 2 aromatic heterocycles. The number of thioether (sulfide) groups is 1. The summed E-state index contributed by atoms with van der Waals surface area (Å²) in [6.45, 7) is 4.51. The van der Waals surface area contributed by atoms with Crippen LogP contribution in [0.2, 0.25) is 0 Å². The minimum absolute atomic E-state index is 1.16. The molecule has 0 aliphatic carbocycles. The summed E-state index contributed by atoms with van der Waals surface area (Å²) < 4.78 is 2.83. The molecule has 0 saturated carbocycles. The summed E-state index contributed by atoms with van der Waals surface area (Å²) in [5.41, 5.74) is 6.12. The summed E-state index contributed by atoms with van der Waals surface area (Å²) in [6.07, 6.45) is 0. The van der Waals surface area contributed by atoms with Gasteiger partial charge < -0.3 is 0 Å². The van der Waals surface area contributed by atoms with Gasteiger partial charge in [0.25, 0.3) is 0 Å². The molecule has 100 valence electrons. The van der Waals surface area contributed by atoms with E-state index in [0.717, 1.165) is 5.75 Å². The normalized spacial score (nSPS) is 15.6. The molecule has 2 aromatic rings. The van der Waals surface area contributed by atoms with E-state index in [2.05, 4.69) is 71.2 Å². The number of hydrogen-bond donors (Lipinski definition) is 0. The fraction of sp³-hybridized carbons (Fsp3) is 0.286. The van der Waals surface area contributed by atoms with Gasteiger partial charge in [-0.05, 0) is 64.8 Å². The predicted octanol–water partition coefficient (Wildman–Crippen LogP) is 2.14. The Bertz CT molecular complexity index is 608. The molecule has 3 heterocycles. The average Bonchev–Trinajstić information content (AvgIpc) is 2.98. The lowest BCUT2D eigenvalue weighted by Crippen LogP contribution is -3.33. The highest BCUT2D eigenvalue weighted by Gasteiger charge is 2.23. The first-order valence-electron chi connectivity index (χ1n) is 5.90. The Morgan fingerprint density at radius 3 is 2.05 bits per heavy atom. The zero-order valence-electron chi connectivity index (χ0n) is 10.6. The zero-order chi connectivity index (χ0) is 13.6. The van der Waals surface area contributed by atoms with Crippen molar-refractivity contribution in [1.29, 1.82) is 0 Å². The van der Waals surface area contributed by atoms with Crippen molar-refractivity contribution in [2.24, 2.45) is 0 Å². The molecular formula is C14H13I2S3+. The van der Waals surface area contributed by atoms with Crippen molar-refractivity contribution in [2.45, 2.75) is 13.8 Å². The average molecular weight is 531 g/mol. The van der Waals surface area contributed by atoms with Gasteiger partial charge in [0.15, 0.2) is 0 Å². The molecule has 1 aliphatic rings. The van der Waals surface area contributed by atoms with E-state index >= 15 is 0 Å². The molecule has 0 spiro atoms. The largest absolute Gasteiger partial charge is 0.308 e. The van der Waals surface area contributed by atoms with E-state index < -0.39 is 0 Å². The van der Waals surface area contributed by atoms with Crippen LogP contribution in [-0.4, -0.2) is 11.5 Å². The maximum absolute atomic E-state index is 2.44.